The van der Waals surface area contributed by atoms with Gasteiger partial charge in [0.2, 0.25) is 16.4 Å². The van der Waals surface area contributed by atoms with Crippen LogP contribution in [0.1, 0.15) is 16.2 Å². The van der Waals surface area contributed by atoms with Gasteiger partial charge in [-0.15, -0.1) is 0 Å². The van der Waals surface area contributed by atoms with Gasteiger partial charge in [-0.25, -0.2) is 22.3 Å². The number of aromatic nitrogens is 2. The van der Waals surface area contributed by atoms with E-state index in [4.69, 9.17) is 5.11 Å². The first kappa shape index (κ1) is 14.1. The summed E-state index contributed by atoms with van der Waals surface area (Å²) >= 11 is 0. The van der Waals surface area contributed by atoms with Crippen LogP contribution in [0.25, 0.3) is 0 Å². The third kappa shape index (κ3) is 2.97. The first-order valence-electron chi connectivity index (χ1n) is 5.18. The van der Waals surface area contributed by atoms with Gasteiger partial charge in [0, 0.05) is 0 Å². The maximum absolute atomic E-state index is 13.2. The molecule has 0 amide bonds. The molecule has 2 N–H and O–H groups in total. The molecular formula is C10H8FN3O5S. The average Bonchev–Trinajstić information content (AvgIpc) is 2.89. The highest BCUT2D eigenvalue weighted by Crippen LogP contribution is 2.15. The van der Waals surface area contributed by atoms with Crippen LogP contribution < -0.4 is 4.72 Å². The molecule has 2 aromatic rings. The highest BCUT2D eigenvalue weighted by molar-refractivity contribution is 7.89. The lowest BCUT2D eigenvalue weighted by atomic mass is 10.2. The topological polar surface area (TPSA) is 122 Å². The van der Waals surface area contributed by atoms with E-state index in [1.807, 2.05) is 0 Å². The summed E-state index contributed by atoms with van der Waals surface area (Å²) in [6.07, 6.45) is 1.03. The summed E-state index contributed by atoms with van der Waals surface area (Å²) in [6.45, 7) is -0.237. The number of sulfonamides is 1. The van der Waals surface area contributed by atoms with Crippen molar-refractivity contribution >= 4 is 16.0 Å². The molecule has 0 aliphatic carbocycles. The number of nitrogens with zero attached hydrogens (tertiary/aromatic N) is 2. The maximum atomic E-state index is 13.2. The SMILES string of the molecule is O=C(O)c1cc(S(=O)(=O)NCc2ncon2)ccc1F. The molecule has 2 rings (SSSR count). The summed E-state index contributed by atoms with van der Waals surface area (Å²) in [7, 11) is -4.01. The summed E-state index contributed by atoms with van der Waals surface area (Å²) in [5, 5.41) is 12.2. The zero-order chi connectivity index (χ0) is 14.8. The highest BCUT2D eigenvalue weighted by Gasteiger charge is 2.19. The molecule has 0 atom stereocenters. The Labute approximate surface area is 112 Å². The van der Waals surface area contributed by atoms with E-state index < -0.39 is 27.4 Å². The molecule has 1 aromatic carbocycles. The number of hydrogen-bond acceptors (Lipinski definition) is 6. The van der Waals surface area contributed by atoms with Crippen molar-refractivity contribution in [3.05, 3.63) is 41.8 Å². The van der Waals surface area contributed by atoms with E-state index in [9.17, 15) is 17.6 Å². The Bertz CT molecular complexity index is 729. The fourth-order valence-corrected chi connectivity index (χ4v) is 2.35. The Morgan fingerprint density at radius 2 is 2.20 bits per heavy atom. The number of benzene rings is 1. The molecule has 8 nitrogen and oxygen atoms in total. The lowest BCUT2D eigenvalue weighted by Gasteiger charge is -2.06. The zero-order valence-corrected chi connectivity index (χ0v) is 10.6. The largest absolute Gasteiger partial charge is 0.478 e. The van der Waals surface area contributed by atoms with Crippen LogP contribution in [0.4, 0.5) is 4.39 Å². The van der Waals surface area contributed by atoms with E-state index in [2.05, 4.69) is 19.4 Å². The van der Waals surface area contributed by atoms with Crippen molar-refractivity contribution < 1.29 is 27.2 Å². The lowest BCUT2D eigenvalue weighted by molar-refractivity contribution is 0.0691. The predicted molar refractivity (Wildman–Crippen MR) is 61.7 cm³/mol. The molecular weight excluding hydrogens is 293 g/mol. The van der Waals surface area contributed by atoms with Crippen molar-refractivity contribution in [2.24, 2.45) is 0 Å². The molecule has 0 fully saturated rings. The average molecular weight is 301 g/mol. The minimum atomic E-state index is -4.01. The van der Waals surface area contributed by atoms with E-state index in [0.717, 1.165) is 24.6 Å². The molecule has 20 heavy (non-hydrogen) atoms. The Balaban J connectivity index is 2.25. The van der Waals surface area contributed by atoms with Gasteiger partial charge in [-0.05, 0) is 18.2 Å². The number of halogens is 1. The van der Waals surface area contributed by atoms with Crippen LogP contribution in [0.2, 0.25) is 0 Å². The second kappa shape index (κ2) is 5.35. The molecule has 0 saturated carbocycles. The molecule has 0 spiro atoms. The predicted octanol–water partition coefficient (Wildman–Crippen LogP) is 0.385. The Morgan fingerprint density at radius 3 is 2.80 bits per heavy atom. The maximum Gasteiger partial charge on any atom is 0.338 e. The Kier molecular flexibility index (Phi) is 3.77. The molecule has 1 aromatic heterocycles. The standard InChI is InChI=1S/C10H8FN3O5S/c11-8-2-1-6(3-7(8)10(15)16)20(17,18)13-4-9-12-5-19-14-9/h1-3,5,13H,4H2,(H,15,16). The van der Waals surface area contributed by atoms with Crippen LogP contribution in [-0.2, 0) is 16.6 Å². The third-order valence-electron chi connectivity index (χ3n) is 2.31. The normalized spacial score (nSPS) is 11.4. The van der Waals surface area contributed by atoms with E-state index >= 15 is 0 Å². The fourth-order valence-electron chi connectivity index (χ4n) is 1.35. The summed E-state index contributed by atoms with van der Waals surface area (Å²) in [4.78, 5) is 14.0. The number of carboxylic acids is 1. The van der Waals surface area contributed by atoms with Gasteiger partial charge in [0.1, 0.15) is 5.82 Å². The van der Waals surface area contributed by atoms with Gasteiger partial charge in [-0.1, -0.05) is 5.16 Å². The van der Waals surface area contributed by atoms with Crippen LogP contribution in [0, 0.1) is 5.82 Å². The van der Waals surface area contributed by atoms with Crippen LogP contribution in [0.3, 0.4) is 0 Å². The number of rotatable bonds is 5. The minimum Gasteiger partial charge on any atom is -0.478 e. The second-order valence-corrected chi connectivity index (χ2v) is 5.39. The van der Waals surface area contributed by atoms with Crippen molar-refractivity contribution in [3.63, 3.8) is 0 Å². The smallest absolute Gasteiger partial charge is 0.338 e. The summed E-state index contributed by atoms with van der Waals surface area (Å²) < 4.78 is 43.6. The molecule has 0 radical (unpaired) electrons. The molecule has 10 heteroatoms. The number of carboxylic acid groups (broad SMARTS) is 1. The van der Waals surface area contributed by atoms with Crippen molar-refractivity contribution in [1.29, 1.82) is 0 Å². The lowest BCUT2D eigenvalue weighted by Crippen LogP contribution is -2.24. The van der Waals surface area contributed by atoms with Gasteiger partial charge in [0.15, 0.2) is 5.82 Å². The molecule has 0 bridgehead atoms. The van der Waals surface area contributed by atoms with E-state index in [-0.39, 0.29) is 17.3 Å². The van der Waals surface area contributed by atoms with Gasteiger partial charge in [-0.3, -0.25) is 0 Å². The highest BCUT2D eigenvalue weighted by atomic mass is 32.2. The Hall–Kier alpha value is -2.33. The van der Waals surface area contributed by atoms with E-state index in [1.54, 1.807) is 0 Å². The van der Waals surface area contributed by atoms with Gasteiger partial charge in [0.05, 0.1) is 17.0 Å². The van der Waals surface area contributed by atoms with Crippen LogP contribution >= 0.6 is 0 Å². The van der Waals surface area contributed by atoms with Crippen molar-refractivity contribution in [2.75, 3.05) is 0 Å². The van der Waals surface area contributed by atoms with Gasteiger partial charge >= 0.3 is 5.97 Å². The van der Waals surface area contributed by atoms with E-state index in [0.29, 0.717) is 0 Å². The van der Waals surface area contributed by atoms with Crippen LogP contribution in [0.5, 0.6) is 0 Å². The number of aromatic carboxylic acids is 1. The van der Waals surface area contributed by atoms with Crippen molar-refractivity contribution in [2.45, 2.75) is 11.4 Å². The molecule has 0 unspecified atom stereocenters. The summed E-state index contributed by atoms with van der Waals surface area (Å²) in [5.74, 6) is -2.47. The fraction of sp³-hybridized carbons (Fsp3) is 0.100. The Morgan fingerprint density at radius 1 is 1.45 bits per heavy atom. The first-order valence-corrected chi connectivity index (χ1v) is 6.66. The summed E-state index contributed by atoms with van der Waals surface area (Å²) in [5.41, 5.74) is -0.729. The minimum absolute atomic E-state index is 0.106. The van der Waals surface area contributed by atoms with Crippen LogP contribution in [-0.4, -0.2) is 29.6 Å². The van der Waals surface area contributed by atoms with E-state index in [1.165, 1.54) is 0 Å². The van der Waals surface area contributed by atoms with Gasteiger partial charge in [0.25, 0.3) is 0 Å². The number of hydrogen-bond donors (Lipinski definition) is 2. The van der Waals surface area contributed by atoms with Gasteiger partial charge < -0.3 is 9.63 Å². The second-order valence-electron chi connectivity index (χ2n) is 3.62. The zero-order valence-electron chi connectivity index (χ0n) is 9.78. The number of carbonyl (C=O) groups is 1. The molecule has 0 aliphatic heterocycles. The molecule has 106 valence electrons. The third-order valence-corrected chi connectivity index (χ3v) is 3.70. The first-order chi connectivity index (χ1) is 9.40. The molecule has 1 heterocycles. The summed E-state index contributed by atoms with van der Waals surface area (Å²) in [6, 6.07) is 2.46. The molecule has 0 saturated heterocycles. The monoisotopic (exact) mass is 301 g/mol. The molecule has 0 aliphatic rings. The van der Waals surface area contributed by atoms with Gasteiger partial charge in [-0.2, -0.15) is 4.98 Å². The van der Waals surface area contributed by atoms with Crippen molar-refractivity contribution in [1.82, 2.24) is 14.9 Å². The van der Waals surface area contributed by atoms with Crippen molar-refractivity contribution in [3.8, 4) is 0 Å². The number of nitrogens with one attached hydrogen (secondary N) is 1. The quantitative estimate of drug-likeness (QED) is 0.818. The van der Waals surface area contributed by atoms with Crippen LogP contribution in [0.15, 0.2) is 34.0 Å².